The zero-order chi connectivity index (χ0) is 21.1. The third-order valence-corrected chi connectivity index (χ3v) is 6.98. The molecule has 0 spiro atoms. The molecule has 30 heavy (non-hydrogen) atoms. The maximum Gasteiger partial charge on any atom is 0.295 e. The molecule has 1 saturated heterocycles. The van der Waals surface area contributed by atoms with Gasteiger partial charge in [-0.1, -0.05) is 42.5 Å². The first-order valence-corrected chi connectivity index (χ1v) is 11.0. The molecule has 3 aromatic carbocycles. The van der Waals surface area contributed by atoms with Crippen LogP contribution in [0.2, 0.25) is 0 Å². The van der Waals surface area contributed by atoms with E-state index in [2.05, 4.69) is 10.5 Å². The van der Waals surface area contributed by atoms with Gasteiger partial charge in [0.25, 0.3) is 5.69 Å². The van der Waals surface area contributed by atoms with Gasteiger partial charge in [0, 0.05) is 24.7 Å². The van der Waals surface area contributed by atoms with Gasteiger partial charge in [-0.15, -0.1) is 0 Å². The molecule has 1 heterocycles. The number of rotatable bonds is 6. The van der Waals surface area contributed by atoms with Gasteiger partial charge in [0.2, 0.25) is 10.0 Å². The molecule has 0 atom stereocenters. The highest BCUT2D eigenvalue weighted by Gasteiger charge is 2.29. The summed E-state index contributed by atoms with van der Waals surface area (Å²) < 4.78 is 26.8. The highest BCUT2D eigenvalue weighted by Crippen LogP contribution is 2.30. The monoisotopic (exact) mass is 424 g/mol. The SMILES string of the molecule is O=[N+]([O-])c1cc(S(=O)(=O)N2CCCC2)ccc1NN=Cc1cccc2ccccc12. The molecule has 0 unspecified atom stereocenters. The van der Waals surface area contributed by atoms with Crippen molar-refractivity contribution in [3.8, 4) is 0 Å². The maximum atomic E-state index is 12.7. The second-order valence-electron chi connectivity index (χ2n) is 6.99. The molecule has 0 radical (unpaired) electrons. The van der Waals surface area contributed by atoms with E-state index in [-0.39, 0.29) is 16.3 Å². The van der Waals surface area contributed by atoms with Crippen LogP contribution in [0.15, 0.2) is 70.7 Å². The molecule has 1 aliphatic heterocycles. The fourth-order valence-corrected chi connectivity index (χ4v) is 5.07. The van der Waals surface area contributed by atoms with Gasteiger partial charge in [-0.2, -0.15) is 9.41 Å². The van der Waals surface area contributed by atoms with Crippen LogP contribution in [0, 0.1) is 10.1 Å². The average Bonchev–Trinajstić information content (AvgIpc) is 3.30. The van der Waals surface area contributed by atoms with Crippen molar-refractivity contribution in [3.05, 3.63) is 76.3 Å². The van der Waals surface area contributed by atoms with E-state index in [0.717, 1.165) is 35.2 Å². The Bertz CT molecular complexity index is 1230. The van der Waals surface area contributed by atoms with E-state index in [1.165, 1.54) is 16.4 Å². The van der Waals surface area contributed by atoms with Crippen LogP contribution in [0.5, 0.6) is 0 Å². The molecule has 1 aliphatic rings. The summed E-state index contributed by atoms with van der Waals surface area (Å²) in [5.74, 6) is 0. The molecule has 8 nitrogen and oxygen atoms in total. The van der Waals surface area contributed by atoms with Crippen LogP contribution in [0.4, 0.5) is 11.4 Å². The van der Waals surface area contributed by atoms with Crippen molar-refractivity contribution in [2.24, 2.45) is 5.10 Å². The molecule has 1 N–H and O–H groups in total. The number of hydrogen-bond donors (Lipinski definition) is 1. The van der Waals surface area contributed by atoms with Gasteiger partial charge < -0.3 is 0 Å². The zero-order valence-electron chi connectivity index (χ0n) is 16.1. The van der Waals surface area contributed by atoms with Gasteiger partial charge in [-0.3, -0.25) is 15.5 Å². The van der Waals surface area contributed by atoms with Crippen LogP contribution in [0.25, 0.3) is 10.8 Å². The molecule has 4 rings (SSSR count). The second kappa shape index (κ2) is 8.21. The van der Waals surface area contributed by atoms with Crippen molar-refractivity contribution in [2.45, 2.75) is 17.7 Å². The Morgan fingerprint density at radius 2 is 1.77 bits per heavy atom. The molecule has 0 aromatic heterocycles. The van der Waals surface area contributed by atoms with E-state index in [0.29, 0.717) is 13.1 Å². The highest BCUT2D eigenvalue weighted by atomic mass is 32.2. The Morgan fingerprint density at radius 3 is 2.53 bits per heavy atom. The van der Waals surface area contributed by atoms with Crippen molar-refractivity contribution in [1.82, 2.24) is 4.31 Å². The molecule has 1 fully saturated rings. The largest absolute Gasteiger partial charge is 0.295 e. The standard InChI is InChI=1S/C21H20N4O4S/c26-25(27)21-14-18(30(28,29)24-12-3-4-13-24)10-11-20(21)23-22-15-17-8-5-7-16-6-1-2-9-19(16)17/h1-2,5-11,14-15,23H,3-4,12-13H2. The summed E-state index contributed by atoms with van der Waals surface area (Å²) >= 11 is 0. The first kappa shape index (κ1) is 20.0. The number of hydrazone groups is 1. The van der Waals surface area contributed by atoms with Gasteiger partial charge >= 0.3 is 0 Å². The molecule has 0 amide bonds. The Hall–Kier alpha value is -3.30. The van der Waals surface area contributed by atoms with E-state index in [1.54, 1.807) is 6.21 Å². The van der Waals surface area contributed by atoms with E-state index in [9.17, 15) is 18.5 Å². The topological polar surface area (TPSA) is 105 Å². The number of fused-ring (bicyclic) bond motifs is 1. The molecular formula is C21H20N4O4S. The highest BCUT2D eigenvalue weighted by molar-refractivity contribution is 7.89. The predicted octanol–water partition coefficient (Wildman–Crippen LogP) is 3.98. The fourth-order valence-electron chi connectivity index (χ4n) is 3.53. The maximum absolute atomic E-state index is 12.7. The van der Waals surface area contributed by atoms with Crippen molar-refractivity contribution in [1.29, 1.82) is 0 Å². The minimum atomic E-state index is -3.74. The quantitative estimate of drug-likeness (QED) is 0.366. The van der Waals surface area contributed by atoms with E-state index >= 15 is 0 Å². The Morgan fingerprint density at radius 1 is 1.03 bits per heavy atom. The van der Waals surface area contributed by atoms with Crippen LogP contribution >= 0.6 is 0 Å². The summed E-state index contributed by atoms with van der Waals surface area (Å²) in [5.41, 5.74) is 3.31. The first-order chi connectivity index (χ1) is 14.5. The number of sulfonamides is 1. The minimum Gasteiger partial charge on any atom is -0.272 e. The smallest absolute Gasteiger partial charge is 0.272 e. The second-order valence-corrected chi connectivity index (χ2v) is 8.92. The number of nitro groups is 1. The summed E-state index contributed by atoms with van der Waals surface area (Å²) in [6, 6.07) is 17.5. The molecular weight excluding hydrogens is 404 g/mol. The third-order valence-electron chi connectivity index (χ3n) is 5.08. The molecule has 0 saturated carbocycles. The molecule has 9 heteroatoms. The fraction of sp³-hybridized carbons (Fsp3) is 0.190. The lowest BCUT2D eigenvalue weighted by molar-refractivity contribution is -0.384. The van der Waals surface area contributed by atoms with E-state index in [1.807, 2.05) is 42.5 Å². The molecule has 0 bridgehead atoms. The van der Waals surface area contributed by atoms with Crippen LogP contribution in [-0.4, -0.2) is 37.0 Å². The Labute approximate surface area is 174 Å². The Kier molecular flexibility index (Phi) is 5.47. The summed E-state index contributed by atoms with van der Waals surface area (Å²) in [6.45, 7) is 0.872. The summed E-state index contributed by atoms with van der Waals surface area (Å²) in [6.07, 6.45) is 3.18. The summed E-state index contributed by atoms with van der Waals surface area (Å²) in [5, 5.41) is 17.7. The van der Waals surface area contributed by atoms with Crippen molar-refractivity contribution < 1.29 is 13.3 Å². The predicted molar refractivity (Wildman–Crippen MR) is 116 cm³/mol. The van der Waals surface area contributed by atoms with Crippen LogP contribution in [-0.2, 0) is 10.0 Å². The minimum absolute atomic E-state index is 0.0836. The van der Waals surface area contributed by atoms with Crippen LogP contribution < -0.4 is 5.43 Å². The van der Waals surface area contributed by atoms with Gasteiger partial charge in [0.05, 0.1) is 16.0 Å². The molecule has 0 aliphatic carbocycles. The molecule has 154 valence electrons. The lowest BCUT2D eigenvalue weighted by Crippen LogP contribution is -2.27. The van der Waals surface area contributed by atoms with Crippen LogP contribution in [0.3, 0.4) is 0 Å². The van der Waals surface area contributed by atoms with Gasteiger partial charge in [0.1, 0.15) is 5.69 Å². The van der Waals surface area contributed by atoms with E-state index < -0.39 is 14.9 Å². The lowest BCUT2D eigenvalue weighted by atomic mass is 10.1. The van der Waals surface area contributed by atoms with Crippen molar-refractivity contribution >= 4 is 38.4 Å². The summed E-state index contributed by atoms with van der Waals surface area (Å²) in [4.78, 5) is 10.8. The van der Waals surface area contributed by atoms with Crippen molar-refractivity contribution in [2.75, 3.05) is 18.5 Å². The Balaban J connectivity index is 1.61. The first-order valence-electron chi connectivity index (χ1n) is 9.52. The normalized spacial score (nSPS) is 15.1. The van der Waals surface area contributed by atoms with Crippen LogP contribution in [0.1, 0.15) is 18.4 Å². The van der Waals surface area contributed by atoms with Crippen molar-refractivity contribution in [3.63, 3.8) is 0 Å². The van der Waals surface area contributed by atoms with Gasteiger partial charge in [0.15, 0.2) is 0 Å². The zero-order valence-corrected chi connectivity index (χ0v) is 16.9. The van der Waals surface area contributed by atoms with Gasteiger partial charge in [-0.05, 0) is 35.7 Å². The molecule has 3 aromatic rings. The average molecular weight is 424 g/mol. The number of hydrogen-bond acceptors (Lipinski definition) is 6. The van der Waals surface area contributed by atoms with E-state index in [4.69, 9.17) is 0 Å². The number of nitrogens with one attached hydrogen (secondary N) is 1. The number of anilines is 1. The number of nitro benzene ring substituents is 1. The third kappa shape index (κ3) is 3.89. The summed E-state index contributed by atoms with van der Waals surface area (Å²) in [7, 11) is -3.74. The lowest BCUT2D eigenvalue weighted by Gasteiger charge is -2.15. The van der Waals surface area contributed by atoms with Gasteiger partial charge in [-0.25, -0.2) is 8.42 Å². The number of benzene rings is 3. The number of nitrogens with zero attached hydrogens (tertiary/aromatic N) is 3.